The van der Waals surface area contributed by atoms with Crippen molar-refractivity contribution >= 4 is 0 Å². The molecule has 1 heteroatoms. The summed E-state index contributed by atoms with van der Waals surface area (Å²) in [5, 5.41) is 0. The Bertz CT molecular complexity index is 278. The van der Waals surface area contributed by atoms with Crippen LogP contribution in [0.15, 0.2) is 24.8 Å². The Hall–Kier alpha value is -0.560. The molecule has 0 aromatic heterocycles. The second kappa shape index (κ2) is 7.89. The Morgan fingerprint density at radius 3 is 2.05 bits per heavy atom. The summed E-state index contributed by atoms with van der Waals surface area (Å²) in [5.41, 5.74) is 0. The summed E-state index contributed by atoms with van der Waals surface area (Å²) in [6, 6.07) is 0. The number of hydrogen-bond donors (Lipinski definition) is 0. The lowest BCUT2D eigenvalue weighted by molar-refractivity contribution is 0.0142. The second-order valence-corrected chi connectivity index (χ2v) is 6.29. The Labute approximate surface area is 119 Å². The fourth-order valence-electron chi connectivity index (χ4n) is 4.01. The summed E-state index contributed by atoms with van der Waals surface area (Å²) in [6.07, 6.45) is 18.0. The molecule has 2 fully saturated rings. The maximum absolute atomic E-state index is 5.76. The average molecular weight is 262 g/mol. The van der Waals surface area contributed by atoms with Gasteiger partial charge in [-0.1, -0.05) is 24.8 Å². The topological polar surface area (TPSA) is 9.23 Å². The second-order valence-electron chi connectivity index (χ2n) is 6.29. The monoisotopic (exact) mass is 262 g/mol. The highest BCUT2D eigenvalue weighted by Crippen LogP contribution is 2.40. The van der Waals surface area contributed by atoms with Gasteiger partial charge in [-0.05, 0) is 76.0 Å². The summed E-state index contributed by atoms with van der Waals surface area (Å²) in [6.45, 7) is 6.76. The maximum atomic E-state index is 5.76. The van der Waals surface area contributed by atoms with Gasteiger partial charge in [0.05, 0.1) is 6.10 Å². The molecule has 0 bridgehead atoms. The van der Waals surface area contributed by atoms with Gasteiger partial charge in [0.1, 0.15) is 0 Å². The van der Waals surface area contributed by atoms with E-state index < -0.39 is 0 Å². The zero-order chi connectivity index (χ0) is 13.5. The van der Waals surface area contributed by atoms with Gasteiger partial charge < -0.3 is 4.74 Å². The van der Waals surface area contributed by atoms with Gasteiger partial charge >= 0.3 is 0 Å². The quantitative estimate of drug-likeness (QED) is 0.624. The van der Waals surface area contributed by atoms with E-state index in [1.807, 2.05) is 6.08 Å². The SMILES string of the molecule is C=C/C=C/C1CCC(C2CCC(OCC)CC2)CC1. The molecule has 0 aliphatic heterocycles. The predicted molar refractivity (Wildman–Crippen MR) is 82.2 cm³/mol. The van der Waals surface area contributed by atoms with Crippen LogP contribution >= 0.6 is 0 Å². The van der Waals surface area contributed by atoms with Crippen molar-refractivity contribution in [3.05, 3.63) is 24.8 Å². The van der Waals surface area contributed by atoms with E-state index in [2.05, 4.69) is 25.7 Å². The molecule has 0 amide bonds. The van der Waals surface area contributed by atoms with Gasteiger partial charge in [0, 0.05) is 6.61 Å². The highest BCUT2D eigenvalue weighted by molar-refractivity contribution is 5.01. The molecule has 0 aromatic carbocycles. The van der Waals surface area contributed by atoms with E-state index in [-0.39, 0.29) is 0 Å². The molecule has 0 heterocycles. The predicted octanol–water partition coefficient (Wildman–Crippen LogP) is 5.13. The Morgan fingerprint density at radius 2 is 1.53 bits per heavy atom. The summed E-state index contributed by atoms with van der Waals surface area (Å²) in [4.78, 5) is 0. The minimum absolute atomic E-state index is 0.563. The Kier molecular flexibility index (Phi) is 6.16. The van der Waals surface area contributed by atoms with Crippen molar-refractivity contribution < 1.29 is 4.74 Å². The van der Waals surface area contributed by atoms with Gasteiger partial charge in [0.25, 0.3) is 0 Å². The largest absolute Gasteiger partial charge is 0.379 e. The minimum Gasteiger partial charge on any atom is -0.379 e. The molecule has 2 saturated carbocycles. The molecule has 1 nitrogen and oxygen atoms in total. The van der Waals surface area contributed by atoms with Crippen LogP contribution in [0.25, 0.3) is 0 Å². The summed E-state index contributed by atoms with van der Waals surface area (Å²) in [7, 11) is 0. The Balaban J connectivity index is 1.70. The van der Waals surface area contributed by atoms with Gasteiger partial charge in [-0.25, -0.2) is 0 Å². The number of allylic oxidation sites excluding steroid dienone is 3. The first-order valence-corrected chi connectivity index (χ1v) is 8.24. The van der Waals surface area contributed by atoms with E-state index in [1.54, 1.807) is 0 Å². The van der Waals surface area contributed by atoms with Gasteiger partial charge in [-0.3, -0.25) is 0 Å². The van der Waals surface area contributed by atoms with E-state index in [0.29, 0.717) is 6.10 Å². The van der Waals surface area contributed by atoms with E-state index in [0.717, 1.165) is 24.4 Å². The summed E-state index contributed by atoms with van der Waals surface area (Å²) < 4.78 is 5.76. The summed E-state index contributed by atoms with van der Waals surface area (Å²) in [5.74, 6) is 2.80. The number of hydrogen-bond acceptors (Lipinski definition) is 1. The van der Waals surface area contributed by atoms with Crippen LogP contribution in [0.4, 0.5) is 0 Å². The van der Waals surface area contributed by atoms with Gasteiger partial charge in [0.15, 0.2) is 0 Å². The molecule has 2 rings (SSSR count). The number of rotatable bonds is 5. The van der Waals surface area contributed by atoms with Crippen LogP contribution in [0.5, 0.6) is 0 Å². The van der Waals surface area contributed by atoms with Crippen LogP contribution < -0.4 is 0 Å². The molecule has 108 valence electrons. The highest BCUT2D eigenvalue weighted by atomic mass is 16.5. The van der Waals surface area contributed by atoms with Crippen LogP contribution in [-0.4, -0.2) is 12.7 Å². The van der Waals surface area contributed by atoms with E-state index in [9.17, 15) is 0 Å². The van der Waals surface area contributed by atoms with Crippen molar-refractivity contribution in [3.63, 3.8) is 0 Å². The van der Waals surface area contributed by atoms with Crippen LogP contribution in [0.1, 0.15) is 58.3 Å². The van der Waals surface area contributed by atoms with E-state index >= 15 is 0 Å². The third kappa shape index (κ3) is 4.49. The normalized spacial score (nSPS) is 36.5. The Morgan fingerprint density at radius 1 is 0.947 bits per heavy atom. The molecule has 0 radical (unpaired) electrons. The van der Waals surface area contributed by atoms with Crippen LogP contribution in [0.3, 0.4) is 0 Å². The third-order valence-corrected chi connectivity index (χ3v) is 5.12. The van der Waals surface area contributed by atoms with Gasteiger partial charge in [-0.2, -0.15) is 0 Å². The van der Waals surface area contributed by atoms with Crippen molar-refractivity contribution in [2.45, 2.75) is 64.4 Å². The van der Waals surface area contributed by atoms with Gasteiger partial charge in [0.2, 0.25) is 0 Å². The third-order valence-electron chi connectivity index (χ3n) is 5.12. The van der Waals surface area contributed by atoms with E-state index in [1.165, 1.54) is 51.4 Å². The van der Waals surface area contributed by atoms with Crippen LogP contribution in [0, 0.1) is 17.8 Å². The van der Waals surface area contributed by atoms with Crippen molar-refractivity contribution in [2.75, 3.05) is 6.61 Å². The smallest absolute Gasteiger partial charge is 0.0575 e. The standard InChI is InChI=1S/C18H30O/c1-3-5-6-15-7-9-16(10-8-15)17-11-13-18(14-12-17)19-4-2/h3,5-6,15-18H,1,4,7-14H2,2H3/b6-5+. The lowest BCUT2D eigenvalue weighted by atomic mass is 9.70. The molecular formula is C18H30O. The van der Waals surface area contributed by atoms with Crippen molar-refractivity contribution in [1.82, 2.24) is 0 Å². The lowest BCUT2D eigenvalue weighted by Gasteiger charge is -2.37. The molecule has 0 spiro atoms. The molecule has 0 N–H and O–H groups in total. The van der Waals surface area contributed by atoms with Gasteiger partial charge in [-0.15, -0.1) is 0 Å². The molecule has 0 saturated heterocycles. The van der Waals surface area contributed by atoms with E-state index in [4.69, 9.17) is 4.74 Å². The molecule has 0 atom stereocenters. The maximum Gasteiger partial charge on any atom is 0.0575 e. The zero-order valence-electron chi connectivity index (χ0n) is 12.5. The summed E-state index contributed by atoms with van der Waals surface area (Å²) >= 11 is 0. The van der Waals surface area contributed by atoms with Crippen molar-refractivity contribution in [2.24, 2.45) is 17.8 Å². The molecule has 0 aromatic rings. The van der Waals surface area contributed by atoms with Crippen molar-refractivity contribution in [1.29, 1.82) is 0 Å². The fraction of sp³-hybridized carbons (Fsp3) is 0.778. The average Bonchev–Trinajstić information content (AvgIpc) is 2.47. The number of ether oxygens (including phenoxy) is 1. The fourth-order valence-corrected chi connectivity index (χ4v) is 4.01. The van der Waals surface area contributed by atoms with Crippen molar-refractivity contribution in [3.8, 4) is 0 Å². The zero-order valence-corrected chi connectivity index (χ0v) is 12.5. The first-order valence-electron chi connectivity index (χ1n) is 8.24. The first-order chi connectivity index (χ1) is 9.33. The molecule has 2 aliphatic rings. The lowest BCUT2D eigenvalue weighted by Crippen LogP contribution is -2.28. The molecule has 19 heavy (non-hydrogen) atoms. The highest BCUT2D eigenvalue weighted by Gasteiger charge is 2.30. The molecule has 2 aliphatic carbocycles. The van der Waals surface area contributed by atoms with Crippen LogP contribution in [-0.2, 0) is 4.74 Å². The first kappa shape index (κ1) is 14.8. The van der Waals surface area contributed by atoms with Crippen LogP contribution in [0.2, 0.25) is 0 Å². The molecular weight excluding hydrogens is 232 g/mol. The minimum atomic E-state index is 0.563. The molecule has 0 unspecified atom stereocenters.